The van der Waals surface area contributed by atoms with E-state index >= 15 is 0 Å². The molecule has 4 aliphatic rings. The molecule has 4 bridgehead atoms. The van der Waals surface area contributed by atoms with Gasteiger partial charge in [-0.1, -0.05) is 18.2 Å². The number of aliphatic hydroxyl groups is 1. The summed E-state index contributed by atoms with van der Waals surface area (Å²) in [6, 6.07) is 7.45. The van der Waals surface area contributed by atoms with E-state index < -0.39 is 11.0 Å². The molecule has 27 heavy (non-hydrogen) atoms. The number of nitrogens with one attached hydrogen (secondary N) is 1. The largest absolute Gasteiger partial charge is 0.496 e. The molecule has 1 aromatic carbocycles. The lowest BCUT2D eigenvalue weighted by Gasteiger charge is -2.58. The molecule has 0 unspecified atom stereocenters. The maximum Gasteiger partial charge on any atom is 0.312 e. The molecule has 6 nitrogen and oxygen atoms in total. The van der Waals surface area contributed by atoms with Crippen LogP contribution >= 0.6 is 0 Å². The van der Waals surface area contributed by atoms with Crippen LogP contribution in [0.2, 0.25) is 0 Å². The maximum atomic E-state index is 12.8. The minimum absolute atomic E-state index is 0.288. The second-order valence-electron chi connectivity index (χ2n) is 8.63. The molecule has 0 spiro atoms. The molecule has 2 atom stereocenters. The topological polar surface area (TPSA) is 84.9 Å². The Kier molecular flexibility index (Phi) is 4.62. The lowest BCUT2D eigenvalue weighted by molar-refractivity contribution is -0.196. The van der Waals surface area contributed by atoms with Crippen LogP contribution in [0.1, 0.15) is 44.1 Å². The van der Waals surface area contributed by atoms with E-state index in [1.165, 1.54) is 0 Å². The Morgan fingerprint density at radius 2 is 1.89 bits per heavy atom. The fraction of sp³-hybridized carbons (Fsp3) is 0.619. The van der Waals surface area contributed by atoms with E-state index in [1.807, 2.05) is 24.3 Å². The summed E-state index contributed by atoms with van der Waals surface area (Å²) in [6.07, 6.45) is 4.77. The van der Waals surface area contributed by atoms with Crippen molar-refractivity contribution in [1.82, 2.24) is 5.32 Å². The molecule has 0 heterocycles. The van der Waals surface area contributed by atoms with Crippen molar-refractivity contribution >= 4 is 11.9 Å². The summed E-state index contributed by atoms with van der Waals surface area (Å²) in [7, 11) is 1.59. The van der Waals surface area contributed by atoms with E-state index in [0.29, 0.717) is 30.6 Å². The van der Waals surface area contributed by atoms with Crippen LogP contribution in [0, 0.1) is 17.3 Å². The normalized spacial score (nSPS) is 33.6. The minimum atomic E-state index is -0.713. The molecule has 0 aliphatic heterocycles. The number of benzene rings is 1. The van der Waals surface area contributed by atoms with Crippen molar-refractivity contribution in [1.29, 1.82) is 0 Å². The standard InChI is InChI=1S/C21H27NO5/c1-26-17-5-3-2-4-16(17)11-22-18(23)12-27-19(24)20-7-14-6-15(8-20)10-21(25,9-14)13-20/h2-5,14-15,25H,6-13H2,1H3,(H,22,23)/t14-,15-,20?,21?/m1/s1. The van der Waals surface area contributed by atoms with Crippen LogP contribution in [0.15, 0.2) is 24.3 Å². The van der Waals surface area contributed by atoms with Gasteiger partial charge in [-0.05, 0) is 56.4 Å². The van der Waals surface area contributed by atoms with E-state index in [1.54, 1.807) is 7.11 Å². The molecular formula is C21H27NO5. The number of ether oxygens (including phenoxy) is 2. The first-order valence-corrected chi connectivity index (χ1v) is 9.70. The molecule has 146 valence electrons. The van der Waals surface area contributed by atoms with Gasteiger partial charge in [0.1, 0.15) is 5.75 Å². The van der Waals surface area contributed by atoms with Crippen LogP contribution in [-0.2, 0) is 20.9 Å². The summed E-state index contributed by atoms with van der Waals surface area (Å²) >= 11 is 0. The lowest BCUT2D eigenvalue weighted by atomic mass is 9.48. The molecule has 2 N–H and O–H groups in total. The van der Waals surface area contributed by atoms with Crippen molar-refractivity contribution < 1.29 is 24.2 Å². The lowest BCUT2D eigenvalue weighted by Crippen LogP contribution is -2.58. The summed E-state index contributed by atoms with van der Waals surface area (Å²) in [5.74, 6) is 0.864. The quantitative estimate of drug-likeness (QED) is 0.747. The Hall–Kier alpha value is -2.08. The van der Waals surface area contributed by atoms with Gasteiger partial charge < -0.3 is 19.9 Å². The number of para-hydroxylation sites is 1. The third-order valence-electron chi connectivity index (χ3n) is 6.47. The first kappa shape index (κ1) is 18.3. The Bertz CT molecular complexity index is 732. The highest BCUT2D eigenvalue weighted by Gasteiger charge is 2.60. The molecular weight excluding hydrogens is 346 g/mol. The summed E-state index contributed by atoms with van der Waals surface area (Å²) in [5, 5.41) is 13.5. The van der Waals surface area contributed by atoms with Gasteiger partial charge >= 0.3 is 5.97 Å². The van der Waals surface area contributed by atoms with Gasteiger partial charge in [0.2, 0.25) is 0 Å². The van der Waals surface area contributed by atoms with E-state index in [2.05, 4.69) is 5.32 Å². The predicted octanol–water partition coefficient (Wildman–Crippen LogP) is 2.19. The van der Waals surface area contributed by atoms with Gasteiger partial charge in [-0.15, -0.1) is 0 Å². The first-order chi connectivity index (χ1) is 12.9. The van der Waals surface area contributed by atoms with E-state index in [-0.39, 0.29) is 18.5 Å². The van der Waals surface area contributed by atoms with E-state index in [0.717, 1.165) is 37.7 Å². The number of carbonyl (C=O) groups excluding carboxylic acids is 2. The molecule has 4 fully saturated rings. The van der Waals surface area contributed by atoms with Gasteiger partial charge in [0.05, 0.1) is 18.1 Å². The second-order valence-corrected chi connectivity index (χ2v) is 8.63. The SMILES string of the molecule is COc1ccccc1CNC(=O)COC(=O)C12C[C@H]3C[C@@H](CC(O)(C3)C1)C2. The van der Waals surface area contributed by atoms with Gasteiger partial charge in [-0.3, -0.25) is 9.59 Å². The second kappa shape index (κ2) is 6.82. The number of rotatable bonds is 6. The number of hydrogen-bond donors (Lipinski definition) is 2. The number of esters is 1. The van der Waals surface area contributed by atoms with Gasteiger partial charge in [0, 0.05) is 12.1 Å². The fourth-order valence-corrected chi connectivity index (χ4v) is 5.83. The summed E-state index contributed by atoms with van der Waals surface area (Å²) in [5.41, 5.74) is -0.445. The zero-order chi connectivity index (χ0) is 19.1. The molecule has 0 aromatic heterocycles. The van der Waals surface area contributed by atoms with Gasteiger partial charge in [0.25, 0.3) is 5.91 Å². The molecule has 0 saturated heterocycles. The number of amides is 1. The molecule has 4 aliphatic carbocycles. The number of carbonyl (C=O) groups is 2. The van der Waals surface area contributed by atoms with Gasteiger partial charge in [-0.25, -0.2) is 0 Å². The van der Waals surface area contributed by atoms with E-state index in [9.17, 15) is 14.7 Å². The number of methoxy groups -OCH3 is 1. The molecule has 5 rings (SSSR count). The van der Waals surface area contributed by atoms with E-state index in [4.69, 9.17) is 9.47 Å². The minimum Gasteiger partial charge on any atom is -0.496 e. The van der Waals surface area contributed by atoms with Gasteiger partial charge in [0.15, 0.2) is 6.61 Å². The summed E-state index contributed by atoms with van der Waals surface area (Å²) in [6.45, 7) is 0.0267. The van der Waals surface area contributed by atoms with Crippen molar-refractivity contribution in [2.24, 2.45) is 17.3 Å². The average molecular weight is 373 g/mol. The molecule has 4 saturated carbocycles. The predicted molar refractivity (Wildman–Crippen MR) is 97.9 cm³/mol. The monoisotopic (exact) mass is 373 g/mol. The van der Waals surface area contributed by atoms with Crippen LogP contribution in [0.4, 0.5) is 0 Å². The summed E-state index contributed by atoms with van der Waals surface area (Å²) < 4.78 is 10.6. The van der Waals surface area contributed by atoms with Gasteiger partial charge in [-0.2, -0.15) is 0 Å². The van der Waals surface area contributed by atoms with Crippen molar-refractivity contribution in [3.05, 3.63) is 29.8 Å². The molecule has 0 radical (unpaired) electrons. The van der Waals surface area contributed by atoms with Crippen molar-refractivity contribution in [3.63, 3.8) is 0 Å². The summed E-state index contributed by atoms with van der Waals surface area (Å²) in [4.78, 5) is 24.9. The molecule has 1 aromatic rings. The van der Waals surface area contributed by atoms with Crippen molar-refractivity contribution in [3.8, 4) is 5.75 Å². The highest BCUT2D eigenvalue weighted by atomic mass is 16.5. The molecule has 1 amide bonds. The first-order valence-electron chi connectivity index (χ1n) is 9.70. The Morgan fingerprint density at radius 3 is 2.56 bits per heavy atom. The van der Waals surface area contributed by atoms with Crippen LogP contribution in [0.3, 0.4) is 0 Å². The Labute approximate surface area is 159 Å². The fourth-order valence-electron chi connectivity index (χ4n) is 5.83. The average Bonchev–Trinajstić information content (AvgIpc) is 2.62. The van der Waals surface area contributed by atoms with Crippen LogP contribution < -0.4 is 10.1 Å². The number of hydrogen-bond acceptors (Lipinski definition) is 5. The zero-order valence-corrected chi connectivity index (χ0v) is 15.7. The smallest absolute Gasteiger partial charge is 0.312 e. The third-order valence-corrected chi connectivity index (χ3v) is 6.47. The highest BCUT2D eigenvalue weighted by Crippen LogP contribution is 2.61. The van der Waals surface area contributed by atoms with Crippen molar-refractivity contribution in [2.75, 3.05) is 13.7 Å². The highest BCUT2D eigenvalue weighted by molar-refractivity contribution is 5.83. The Balaban J connectivity index is 1.31. The Morgan fingerprint density at radius 1 is 1.19 bits per heavy atom. The van der Waals surface area contributed by atoms with Crippen LogP contribution in [0.25, 0.3) is 0 Å². The van der Waals surface area contributed by atoms with Crippen molar-refractivity contribution in [2.45, 2.75) is 50.7 Å². The molecule has 6 heteroatoms. The zero-order valence-electron chi connectivity index (χ0n) is 15.7. The maximum absolute atomic E-state index is 12.8. The van der Waals surface area contributed by atoms with Crippen LogP contribution in [0.5, 0.6) is 5.75 Å². The van der Waals surface area contributed by atoms with Crippen LogP contribution in [-0.4, -0.2) is 36.3 Å². The third kappa shape index (κ3) is 3.55.